The normalized spacial score (nSPS) is 20.3. The van der Waals surface area contributed by atoms with E-state index in [-0.39, 0.29) is 4.90 Å². The SMILES string of the molecule is CN1CCC(c2ccc(S(N)=O)c(F)c2)C1.NC(=O)Nc1c2c(cc3c1CCC3)CCC2. The van der Waals surface area contributed by atoms with E-state index in [0.29, 0.717) is 5.92 Å². The summed E-state index contributed by atoms with van der Waals surface area (Å²) >= 11 is 0. The summed E-state index contributed by atoms with van der Waals surface area (Å²) in [4.78, 5) is 13.4. The van der Waals surface area contributed by atoms with Crippen molar-refractivity contribution in [1.82, 2.24) is 4.90 Å². The van der Waals surface area contributed by atoms with Crippen LogP contribution >= 0.6 is 0 Å². The standard InChI is InChI=1S/C13H16N2O.C11H15FN2OS/c14-13(16)15-12-10-5-1-3-8(10)7-9-4-2-6-11(9)12;1-14-5-4-9(7-14)8-2-3-11(16(13)15)10(12)6-8/h7H,1-6H2,(H3,14,15,16);2-3,6,9H,4-5,7,13H2,1H3. The molecule has 0 radical (unpaired) electrons. The molecule has 0 aromatic heterocycles. The van der Waals surface area contributed by atoms with Gasteiger partial charge in [-0.1, -0.05) is 12.1 Å². The lowest BCUT2D eigenvalue weighted by Gasteiger charge is -2.14. The van der Waals surface area contributed by atoms with Crippen LogP contribution in [0.25, 0.3) is 0 Å². The number of likely N-dealkylation sites (N-methyl/N-ethyl adjacent to an activating group) is 1. The Bertz CT molecular complexity index is 1030. The minimum absolute atomic E-state index is 0.0788. The fourth-order valence-corrected chi connectivity index (χ4v) is 5.68. The average molecular weight is 459 g/mol. The average Bonchev–Trinajstić information content (AvgIpc) is 3.48. The van der Waals surface area contributed by atoms with Gasteiger partial charge in [0.15, 0.2) is 0 Å². The van der Waals surface area contributed by atoms with Crippen LogP contribution in [-0.2, 0) is 36.7 Å². The Labute approximate surface area is 191 Å². The maximum absolute atomic E-state index is 13.6. The predicted octanol–water partition coefficient (Wildman–Crippen LogP) is 3.38. The highest BCUT2D eigenvalue weighted by Gasteiger charge is 2.24. The molecule has 172 valence electrons. The van der Waals surface area contributed by atoms with E-state index in [1.165, 1.54) is 47.2 Å². The molecule has 0 spiro atoms. The fourth-order valence-electron chi connectivity index (χ4n) is 5.23. The van der Waals surface area contributed by atoms with Crippen LogP contribution in [-0.4, -0.2) is 35.3 Å². The largest absolute Gasteiger partial charge is 0.351 e. The number of hydrogen-bond acceptors (Lipinski definition) is 3. The smallest absolute Gasteiger partial charge is 0.316 e. The Morgan fingerprint density at radius 1 is 1.12 bits per heavy atom. The van der Waals surface area contributed by atoms with Crippen LogP contribution in [0.3, 0.4) is 0 Å². The Morgan fingerprint density at radius 3 is 2.28 bits per heavy atom. The van der Waals surface area contributed by atoms with Crippen molar-refractivity contribution in [2.24, 2.45) is 10.9 Å². The number of anilines is 1. The zero-order valence-corrected chi connectivity index (χ0v) is 19.3. The van der Waals surface area contributed by atoms with Crippen molar-refractivity contribution < 1.29 is 13.4 Å². The number of likely N-dealkylation sites (tertiary alicyclic amines) is 1. The number of urea groups is 1. The number of benzene rings is 2. The molecule has 2 aromatic rings. The Hall–Kier alpha value is -2.29. The molecule has 32 heavy (non-hydrogen) atoms. The summed E-state index contributed by atoms with van der Waals surface area (Å²) < 4.78 is 24.6. The zero-order valence-electron chi connectivity index (χ0n) is 18.5. The van der Waals surface area contributed by atoms with Gasteiger partial charge in [-0.15, -0.1) is 0 Å². The van der Waals surface area contributed by atoms with Gasteiger partial charge in [-0.3, -0.25) is 0 Å². The molecule has 0 bridgehead atoms. The van der Waals surface area contributed by atoms with Crippen molar-refractivity contribution in [2.45, 2.75) is 55.8 Å². The quantitative estimate of drug-likeness (QED) is 0.657. The summed E-state index contributed by atoms with van der Waals surface area (Å²) in [6.07, 6.45) is 7.90. The lowest BCUT2D eigenvalue weighted by Crippen LogP contribution is -2.21. The number of primary amides is 1. The molecule has 2 unspecified atom stereocenters. The van der Waals surface area contributed by atoms with Crippen LogP contribution in [0.1, 0.15) is 53.0 Å². The van der Waals surface area contributed by atoms with Gasteiger partial charge in [0.1, 0.15) is 16.8 Å². The lowest BCUT2D eigenvalue weighted by molar-refractivity contribution is 0.259. The summed E-state index contributed by atoms with van der Waals surface area (Å²) in [6, 6.07) is 6.72. The first-order valence-electron chi connectivity index (χ1n) is 11.2. The second-order valence-corrected chi connectivity index (χ2v) is 9.99. The number of hydrogen-bond donors (Lipinski definition) is 3. The van der Waals surface area contributed by atoms with Gasteiger partial charge in [-0.05, 0) is 104 Å². The predicted molar refractivity (Wildman–Crippen MR) is 126 cm³/mol. The van der Waals surface area contributed by atoms with E-state index in [1.807, 2.05) is 6.07 Å². The number of nitrogens with one attached hydrogen (secondary N) is 1. The molecule has 1 heterocycles. The lowest BCUT2D eigenvalue weighted by atomic mass is 9.98. The van der Waals surface area contributed by atoms with E-state index in [0.717, 1.165) is 56.4 Å². The molecule has 6 nitrogen and oxygen atoms in total. The third kappa shape index (κ3) is 4.87. The second kappa shape index (κ2) is 9.68. The van der Waals surface area contributed by atoms with Crippen molar-refractivity contribution in [2.75, 3.05) is 25.5 Å². The molecular formula is C24H31FN4O2S. The molecule has 1 fully saturated rings. The maximum atomic E-state index is 13.6. The first-order chi connectivity index (χ1) is 15.3. The van der Waals surface area contributed by atoms with E-state index in [2.05, 4.69) is 23.3 Å². The molecular weight excluding hydrogens is 427 g/mol. The molecule has 2 aromatic carbocycles. The van der Waals surface area contributed by atoms with E-state index in [4.69, 9.17) is 10.9 Å². The molecule has 1 aliphatic heterocycles. The number of nitrogens with two attached hydrogens (primary N) is 2. The third-order valence-corrected chi connectivity index (χ3v) is 7.52. The van der Waals surface area contributed by atoms with Crippen LogP contribution < -0.4 is 16.2 Å². The van der Waals surface area contributed by atoms with Crippen LogP contribution in [0, 0.1) is 5.82 Å². The number of fused-ring (bicyclic) bond motifs is 2. The van der Waals surface area contributed by atoms with Gasteiger partial charge in [0.2, 0.25) is 0 Å². The molecule has 0 saturated carbocycles. The van der Waals surface area contributed by atoms with Crippen LogP contribution in [0.4, 0.5) is 14.9 Å². The van der Waals surface area contributed by atoms with Gasteiger partial charge in [0.25, 0.3) is 0 Å². The van der Waals surface area contributed by atoms with Crippen molar-refractivity contribution in [1.29, 1.82) is 0 Å². The Kier molecular flexibility index (Phi) is 6.93. The summed E-state index contributed by atoms with van der Waals surface area (Å²) in [6.45, 7) is 1.99. The highest BCUT2D eigenvalue weighted by Crippen LogP contribution is 2.38. The number of rotatable bonds is 3. The highest BCUT2D eigenvalue weighted by atomic mass is 32.2. The minimum atomic E-state index is -1.74. The molecule has 3 aliphatic rings. The fraction of sp³-hybridized carbons (Fsp3) is 0.458. The van der Waals surface area contributed by atoms with Crippen LogP contribution in [0.5, 0.6) is 0 Å². The maximum Gasteiger partial charge on any atom is 0.316 e. The number of aryl methyl sites for hydroxylation is 2. The monoisotopic (exact) mass is 458 g/mol. The number of carbonyl (C=O) groups is 1. The highest BCUT2D eigenvalue weighted by molar-refractivity contribution is 7.82. The molecule has 5 N–H and O–H groups in total. The van der Waals surface area contributed by atoms with Gasteiger partial charge in [0, 0.05) is 12.2 Å². The van der Waals surface area contributed by atoms with Crippen molar-refractivity contribution in [3.05, 3.63) is 57.9 Å². The van der Waals surface area contributed by atoms with E-state index >= 15 is 0 Å². The third-order valence-electron chi connectivity index (χ3n) is 6.76. The second-order valence-electron chi connectivity index (χ2n) is 8.96. The summed E-state index contributed by atoms with van der Waals surface area (Å²) in [5.74, 6) is -0.0901. The molecule has 8 heteroatoms. The summed E-state index contributed by atoms with van der Waals surface area (Å²) in [7, 11) is 0.313. The first kappa shape index (κ1) is 22.9. The van der Waals surface area contributed by atoms with Crippen molar-refractivity contribution in [3.8, 4) is 0 Å². The molecule has 5 rings (SSSR count). The van der Waals surface area contributed by atoms with Crippen LogP contribution in [0.15, 0.2) is 29.2 Å². The minimum Gasteiger partial charge on any atom is -0.351 e. The first-order valence-corrected chi connectivity index (χ1v) is 12.4. The van der Waals surface area contributed by atoms with Gasteiger partial charge < -0.3 is 16.0 Å². The molecule has 2 aliphatic carbocycles. The van der Waals surface area contributed by atoms with E-state index in [9.17, 15) is 13.4 Å². The molecule has 2 amide bonds. The zero-order chi connectivity index (χ0) is 22.8. The molecule has 2 atom stereocenters. The van der Waals surface area contributed by atoms with Crippen LogP contribution in [0.2, 0.25) is 0 Å². The number of amides is 2. The number of halogens is 1. The summed E-state index contributed by atoms with van der Waals surface area (Å²) in [5, 5.41) is 8.01. The van der Waals surface area contributed by atoms with E-state index in [1.54, 1.807) is 0 Å². The van der Waals surface area contributed by atoms with Crippen molar-refractivity contribution in [3.63, 3.8) is 0 Å². The Morgan fingerprint density at radius 2 is 1.78 bits per heavy atom. The van der Waals surface area contributed by atoms with Gasteiger partial charge >= 0.3 is 6.03 Å². The Balaban J connectivity index is 0.000000153. The van der Waals surface area contributed by atoms with Crippen molar-refractivity contribution >= 4 is 22.7 Å². The molecule has 1 saturated heterocycles. The summed E-state index contributed by atoms with van der Waals surface area (Å²) in [5.41, 5.74) is 12.8. The number of nitrogens with zero attached hydrogens (tertiary/aromatic N) is 1. The topological polar surface area (TPSA) is 101 Å². The van der Waals surface area contributed by atoms with Gasteiger partial charge in [-0.2, -0.15) is 0 Å². The van der Waals surface area contributed by atoms with Gasteiger partial charge in [0.05, 0.1) is 4.90 Å². The van der Waals surface area contributed by atoms with E-state index < -0.39 is 22.8 Å². The van der Waals surface area contributed by atoms with Gasteiger partial charge in [-0.25, -0.2) is 18.5 Å². The number of carbonyl (C=O) groups excluding carboxylic acids is 1.